The number of piperidine rings is 1. The van der Waals surface area contributed by atoms with Crippen LogP contribution in [0, 0.1) is 5.92 Å². The maximum absolute atomic E-state index is 12.3. The molecule has 2 atom stereocenters. The molecule has 118 valence electrons. The van der Waals surface area contributed by atoms with Crippen molar-refractivity contribution in [2.75, 3.05) is 32.8 Å². The van der Waals surface area contributed by atoms with Gasteiger partial charge in [0.25, 0.3) is 0 Å². The SMILES string of the molecule is C[C@@H]1CCCN(C[C@@H](C)NS(=O)(=O)C2CCOCC2)C1. The number of sulfonamides is 1. The molecule has 2 aliphatic rings. The molecule has 2 heterocycles. The topological polar surface area (TPSA) is 58.6 Å². The summed E-state index contributed by atoms with van der Waals surface area (Å²) in [4.78, 5) is 2.38. The minimum absolute atomic E-state index is 0.0202. The summed E-state index contributed by atoms with van der Waals surface area (Å²) in [5.41, 5.74) is 0. The molecule has 5 nitrogen and oxygen atoms in total. The molecule has 20 heavy (non-hydrogen) atoms. The third-order valence-corrected chi connectivity index (χ3v) is 6.33. The Balaban J connectivity index is 1.81. The molecule has 0 spiro atoms. The molecular weight excluding hydrogens is 276 g/mol. The average Bonchev–Trinajstić information content (AvgIpc) is 2.39. The van der Waals surface area contributed by atoms with E-state index < -0.39 is 10.0 Å². The fourth-order valence-corrected chi connectivity index (χ4v) is 4.88. The van der Waals surface area contributed by atoms with Gasteiger partial charge in [-0.2, -0.15) is 0 Å². The molecule has 2 rings (SSSR count). The molecule has 2 aliphatic heterocycles. The van der Waals surface area contributed by atoms with Crippen LogP contribution in [0.2, 0.25) is 0 Å². The maximum atomic E-state index is 12.3. The first-order valence-corrected chi connectivity index (χ1v) is 9.33. The number of hydrogen-bond donors (Lipinski definition) is 1. The molecule has 0 amide bonds. The van der Waals surface area contributed by atoms with Gasteiger partial charge >= 0.3 is 0 Å². The molecule has 0 aliphatic carbocycles. The van der Waals surface area contributed by atoms with Crippen LogP contribution in [0.25, 0.3) is 0 Å². The summed E-state index contributed by atoms with van der Waals surface area (Å²) in [6.45, 7) is 8.34. The Morgan fingerprint density at radius 2 is 2.00 bits per heavy atom. The lowest BCUT2D eigenvalue weighted by atomic mass is 10.00. The summed E-state index contributed by atoms with van der Waals surface area (Å²) in [5.74, 6) is 0.725. The number of nitrogens with zero attached hydrogens (tertiary/aromatic N) is 1. The minimum atomic E-state index is -3.20. The van der Waals surface area contributed by atoms with E-state index in [0.29, 0.717) is 26.1 Å². The summed E-state index contributed by atoms with van der Waals surface area (Å²) < 4.78 is 32.7. The van der Waals surface area contributed by atoms with Crippen molar-refractivity contribution in [3.8, 4) is 0 Å². The fourth-order valence-electron chi connectivity index (χ4n) is 3.24. The monoisotopic (exact) mass is 304 g/mol. The van der Waals surface area contributed by atoms with Gasteiger partial charge in [-0.15, -0.1) is 0 Å². The summed E-state index contributed by atoms with van der Waals surface area (Å²) in [6.07, 6.45) is 3.74. The lowest BCUT2D eigenvalue weighted by molar-refractivity contribution is 0.0980. The Labute approximate surface area is 123 Å². The van der Waals surface area contributed by atoms with Crippen molar-refractivity contribution in [3.05, 3.63) is 0 Å². The van der Waals surface area contributed by atoms with E-state index in [2.05, 4.69) is 16.5 Å². The third-order valence-electron chi connectivity index (χ3n) is 4.25. The molecule has 1 N–H and O–H groups in total. The molecule has 0 radical (unpaired) electrons. The summed E-state index contributed by atoms with van der Waals surface area (Å²) >= 11 is 0. The Kier molecular flexibility index (Phi) is 5.84. The maximum Gasteiger partial charge on any atom is 0.214 e. The molecule has 2 fully saturated rings. The molecule has 2 saturated heterocycles. The molecule has 0 bridgehead atoms. The van der Waals surface area contributed by atoms with Crippen LogP contribution in [-0.4, -0.2) is 57.5 Å². The lowest BCUT2D eigenvalue weighted by Gasteiger charge is -2.33. The van der Waals surface area contributed by atoms with E-state index in [1.807, 2.05) is 6.92 Å². The molecular formula is C14H28N2O3S. The highest BCUT2D eigenvalue weighted by molar-refractivity contribution is 7.90. The molecule has 0 unspecified atom stereocenters. The normalized spacial score (nSPS) is 28.4. The highest BCUT2D eigenvalue weighted by Gasteiger charge is 2.29. The smallest absolute Gasteiger partial charge is 0.214 e. The van der Waals surface area contributed by atoms with Crippen LogP contribution in [-0.2, 0) is 14.8 Å². The molecule has 6 heteroatoms. The first-order chi connectivity index (χ1) is 9.47. The van der Waals surface area contributed by atoms with Crippen molar-refractivity contribution >= 4 is 10.0 Å². The van der Waals surface area contributed by atoms with Crippen LogP contribution in [0.4, 0.5) is 0 Å². The number of nitrogens with one attached hydrogen (secondary N) is 1. The van der Waals surface area contributed by atoms with Gasteiger partial charge in [0.05, 0.1) is 5.25 Å². The van der Waals surface area contributed by atoms with Crippen molar-refractivity contribution in [2.24, 2.45) is 5.92 Å². The van der Waals surface area contributed by atoms with Crippen LogP contribution < -0.4 is 4.72 Å². The Bertz CT molecular complexity index is 393. The molecule has 0 aromatic rings. The van der Waals surface area contributed by atoms with Gasteiger partial charge in [0.2, 0.25) is 10.0 Å². The Hall–Kier alpha value is -0.170. The number of rotatable bonds is 5. The number of likely N-dealkylation sites (tertiary alicyclic amines) is 1. The number of ether oxygens (including phenoxy) is 1. The first kappa shape index (κ1) is 16.2. The van der Waals surface area contributed by atoms with Crippen LogP contribution in [0.5, 0.6) is 0 Å². The minimum Gasteiger partial charge on any atom is -0.381 e. The fraction of sp³-hybridized carbons (Fsp3) is 1.00. The van der Waals surface area contributed by atoms with Gasteiger partial charge in [-0.05, 0) is 45.1 Å². The average molecular weight is 304 g/mol. The van der Waals surface area contributed by atoms with Crippen LogP contribution >= 0.6 is 0 Å². The predicted molar refractivity (Wildman–Crippen MR) is 80.2 cm³/mol. The Morgan fingerprint density at radius 3 is 2.65 bits per heavy atom. The summed E-state index contributed by atoms with van der Waals surface area (Å²) in [6, 6.07) is -0.0202. The zero-order valence-corrected chi connectivity index (χ0v) is 13.5. The Morgan fingerprint density at radius 1 is 1.30 bits per heavy atom. The van der Waals surface area contributed by atoms with Crippen molar-refractivity contribution in [3.63, 3.8) is 0 Å². The molecule has 0 aromatic carbocycles. The second-order valence-corrected chi connectivity index (χ2v) is 8.38. The van der Waals surface area contributed by atoms with Gasteiger partial charge < -0.3 is 9.64 Å². The van der Waals surface area contributed by atoms with E-state index in [4.69, 9.17) is 4.74 Å². The largest absolute Gasteiger partial charge is 0.381 e. The van der Waals surface area contributed by atoms with Crippen molar-refractivity contribution in [2.45, 2.75) is 50.8 Å². The van der Waals surface area contributed by atoms with Gasteiger partial charge in [0.15, 0.2) is 0 Å². The van der Waals surface area contributed by atoms with E-state index >= 15 is 0 Å². The standard InChI is InChI=1S/C14H28N2O3S/c1-12-4-3-7-16(10-12)11-13(2)15-20(17,18)14-5-8-19-9-6-14/h12-15H,3-11H2,1-2H3/t12-,13-/m1/s1. The van der Waals surface area contributed by atoms with Crippen LogP contribution in [0.1, 0.15) is 39.5 Å². The molecule has 0 saturated carbocycles. The second kappa shape index (κ2) is 7.20. The van der Waals surface area contributed by atoms with E-state index in [0.717, 1.165) is 25.6 Å². The zero-order chi connectivity index (χ0) is 14.6. The van der Waals surface area contributed by atoms with Gasteiger partial charge in [-0.3, -0.25) is 0 Å². The van der Waals surface area contributed by atoms with Gasteiger partial charge in [0, 0.05) is 32.3 Å². The van der Waals surface area contributed by atoms with Crippen molar-refractivity contribution < 1.29 is 13.2 Å². The highest BCUT2D eigenvalue weighted by Crippen LogP contribution is 2.17. The summed E-state index contributed by atoms with van der Waals surface area (Å²) in [5, 5.41) is -0.279. The first-order valence-electron chi connectivity index (χ1n) is 7.78. The van der Waals surface area contributed by atoms with Crippen molar-refractivity contribution in [1.82, 2.24) is 9.62 Å². The predicted octanol–water partition coefficient (Wildman–Crippen LogP) is 1.21. The van der Waals surface area contributed by atoms with Gasteiger partial charge in [-0.1, -0.05) is 6.92 Å². The number of hydrogen-bond acceptors (Lipinski definition) is 4. The van der Waals surface area contributed by atoms with E-state index in [1.54, 1.807) is 0 Å². The lowest BCUT2D eigenvalue weighted by Crippen LogP contribution is -2.48. The third kappa shape index (κ3) is 4.69. The molecule has 0 aromatic heterocycles. The highest BCUT2D eigenvalue weighted by atomic mass is 32.2. The van der Waals surface area contributed by atoms with Crippen molar-refractivity contribution in [1.29, 1.82) is 0 Å². The van der Waals surface area contributed by atoms with Gasteiger partial charge in [0.1, 0.15) is 0 Å². The van der Waals surface area contributed by atoms with E-state index in [9.17, 15) is 8.42 Å². The van der Waals surface area contributed by atoms with E-state index in [-0.39, 0.29) is 11.3 Å². The zero-order valence-electron chi connectivity index (χ0n) is 12.7. The quantitative estimate of drug-likeness (QED) is 0.829. The van der Waals surface area contributed by atoms with Crippen LogP contribution in [0.3, 0.4) is 0 Å². The van der Waals surface area contributed by atoms with E-state index in [1.165, 1.54) is 12.8 Å². The van der Waals surface area contributed by atoms with Crippen LogP contribution in [0.15, 0.2) is 0 Å². The summed E-state index contributed by atoms with van der Waals surface area (Å²) in [7, 11) is -3.20. The second-order valence-electron chi connectivity index (χ2n) is 6.38. The van der Waals surface area contributed by atoms with Gasteiger partial charge in [-0.25, -0.2) is 13.1 Å².